The highest BCUT2D eigenvalue weighted by molar-refractivity contribution is 6.30. The molecule has 0 aliphatic carbocycles. The van der Waals surface area contributed by atoms with Crippen LogP contribution in [0.3, 0.4) is 0 Å². The quantitative estimate of drug-likeness (QED) is 0.679. The number of hydrogen-bond acceptors (Lipinski definition) is 4. The molecule has 0 atom stereocenters. The SMILES string of the molecule is Cc1cc(C)cc(NC(=O)c2noc(C)c2COc2ccc(Cl)cc2)c1. The zero-order chi connectivity index (χ0) is 18.7. The number of nitrogens with one attached hydrogen (secondary N) is 1. The predicted octanol–water partition coefficient (Wildman–Crippen LogP) is 5.08. The highest BCUT2D eigenvalue weighted by atomic mass is 35.5. The lowest BCUT2D eigenvalue weighted by atomic mass is 10.1. The predicted molar refractivity (Wildman–Crippen MR) is 101 cm³/mol. The van der Waals surface area contributed by atoms with Crippen molar-refractivity contribution in [3.8, 4) is 5.75 Å². The van der Waals surface area contributed by atoms with E-state index in [2.05, 4.69) is 10.5 Å². The van der Waals surface area contributed by atoms with Gasteiger partial charge in [-0.25, -0.2) is 0 Å². The van der Waals surface area contributed by atoms with Crippen LogP contribution in [0.1, 0.15) is 32.9 Å². The molecule has 1 heterocycles. The van der Waals surface area contributed by atoms with E-state index in [1.165, 1.54) is 0 Å². The number of carbonyl (C=O) groups excluding carboxylic acids is 1. The minimum atomic E-state index is -0.332. The molecule has 1 amide bonds. The van der Waals surface area contributed by atoms with Crippen LogP contribution in [-0.4, -0.2) is 11.1 Å². The maximum absolute atomic E-state index is 12.6. The first-order chi connectivity index (χ1) is 12.4. The van der Waals surface area contributed by atoms with Crippen molar-refractivity contribution in [3.05, 3.63) is 75.6 Å². The van der Waals surface area contributed by atoms with Crippen molar-refractivity contribution in [2.75, 3.05) is 5.32 Å². The molecule has 2 aromatic carbocycles. The van der Waals surface area contributed by atoms with E-state index >= 15 is 0 Å². The van der Waals surface area contributed by atoms with Gasteiger partial charge in [-0.05, 0) is 68.3 Å². The van der Waals surface area contributed by atoms with Crippen molar-refractivity contribution in [1.82, 2.24) is 5.16 Å². The summed E-state index contributed by atoms with van der Waals surface area (Å²) in [6, 6.07) is 12.9. The molecular formula is C20H19ClN2O3. The molecule has 1 N–H and O–H groups in total. The Kier molecular flexibility index (Phi) is 5.28. The largest absolute Gasteiger partial charge is 0.489 e. The minimum Gasteiger partial charge on any atom is -0.489 e. The molecule has 1 aromatic heterocycles. The Morgan fingerprint density at radius 3 is 2.42 bits per heavy atom. The third kappa shape index (κ3) is 4.24. The minimum absolute atomic E-state index is 0.173. The highest BCUT2D eigenvalue weighted by Crippen LogP contribution is 2.21. The maximum atomic E-state index is 12.6. The van der Waals surface area contributed by atoms with Gasteiger partial charge in [0.2, 0.25) is 0 Å². The fourth-order valence-corrected chi connectivity index (χ4v) is 2.79. The van der Waals surface area contributed by atoms with Crippen molar-refractivity contribution < 1.29 is 14.1 Å². The van der Waals surface area contributed by atoms with E-state index in [-0.39, 0.29) is 18.2 Å². The van der Waals surface area contributed by atoms with Crippen molar-refractivity contribution in [2.24, 2.45) is 0 Å². The van der Waals surface area contributed by atoms with E-state index in [0.717, 1.165) is 16.8 Å². The summed E-state index contributed by atoms with van der Waals surface area (Å²) in [6.07, 6.45) is 0. The Bertz CT molecular complexity index is 912. The zero-order valence-corrected chi connectivity index (χ0v) is 15.6. The number of carbonyl (C=O) groups is 1. The number of halogens is 1. The van der Waals surface area contributed by atoms with Crippen molar-refractivity contribution in [3.63, 3.8) is 0 Å². The average Bonchev–Trinajstić information content (AvgIpc) is 2.94. The maximum Gasteiger partial charge on any atom is 0.278 e. The molecule has 0 radical (unpaired) electrons. The van der Waals surface area contributed by atoms with Crippen LogP contribution in [0.2, 0.25) is 5.02 Å². The van der Waals surface area contributed by atoms with Gasteiger partial charge in [-0.15, -0.1) is 0 Å². The fraction of sp³-hybridized carbons (Fsp3) is 0.200. The molecule has 26 heavy (non-hydrogen) atoms. The molecule has 3 aromatic rings. The second-order valence-corrected chi connectivity index (χ2v) is 6.58. The summed E-state index contributed by atoms with van der Waals surface area (Å²) < 4.78 is 10.9. The number of anilines is 1. The number of benzene rings is 2. The molecule has 134 valence electrons. The van der Waals surface area contributed by atoms with Crippen LogP contribution >= 0.6 is 11.6 Å². The lowest BCUT2D eigenvalue weighted by Crippen LogP contribution is -2.15. The molecule has 0 aliphatic heterocycles. The van der Waals surface area contributed by atoms with Crippen molar-refractivity contribution in [1.29, 1.82) is 0 Å². The topological polar surface area (TPSA) is 64.4 Å². The molecule has 0 saturated carbocycles. The van der Waals surface area contributed by atoms with E-state index in [4.69, 9.17) is 20.9 Å². The molecule has 3 rings (SSSR count). The molecule has 5 nitrogen and oxygen atoms in total. The van der Waals surface area contributed by atoms with E-state index in [9.17, 15) is 4.79 Å². The van der Waals surface area contributed by atoms with Crippen LogP contribution in [0.15, 0.2) is 47.0 Å². The first-order valence-corrected chi connectivity index (χ1v) is 8.53. The van der Waals surface area contributed by atoms with Gasteiger partial charge in [0.05, 0.1) is 5.56 Å². The summed E-state index contributed by atoms with van der Waals surface area (Å²) >= 11 is 5.87. The third-order valence-corrected chi connectivity index (χ3v) is 4.13. The summed E-state index contributed by atoms with van der Waals surface area (Å²) in [5, 5.41) is 7.39. The molecule has 0 unspecified atom stereocenters. The lowest BCUT2D eigenvalue weighted by molar-refractivity contribution is 0.101. The number of hydrogen-bond donors (Lipinski definition) is 1. The molecular weight excluding hydrogens is 352 g/mol. The summed E-state index contributed by atoms with van der Waals surface area (Å²) in [5.41, 5.74) is 3.70. The summed E-state index contributed by atoms with van der Waals surface area (Å²) in [7, 11) is 0. The van der Waals surface area contributed by atoms with Gasteiger partial charge >= 0.3 is 0 Å². The molecule has 0 fully saturated rings. The van der Waals surface area contributed by atoms with Gasteiger partial charge in [-0.3, -0.25) is 4.79 Å². The third-order valence-electron chi connectivity index (χ3n) is 3.88. The van der Waals surface area contributed by atoms with E-state index < -0.39 is 0 Å². The average molecular weight is 371 g/mol. The zero-order valence-electron chi connectivity index (χ0n) is 14.8. The normalized spacial score (nSPS) is 10.6. The number of amides is 1. The van der Waals surface area contributed by atoms with Gasteiger partial charge in [0, 0.05) is 10.7 Å². The van der Waals surface area contributed by atoms with Crippen LogP contribution in [0.4, 0.5) is 5.69 Å². The van der Waals surface area contributed by atoms with Crippen molar-refractivity contribution >= 4 is 23.2 Å². The Morgan fingerprint density at radius 2 is 1.77 bits per heavy atom. The molecule has 6 heteroatoms. The number of aromatic nitrogens is 1. The molecule has 0 aliphatic rings. The Hall–Kier alpha value is -2.79. The standard InChI is InChI=1S/C20H19ClN2O3/c1-12-8-13(2)10-16(9-12)22-20(24)19-18(14(3)26-23-19)11-25-17-6-4-15(21)5-7-17/h4-10H,11H2,1-3H3,(H,22,24). The Morgan fingerprint density at radius 1 is 1.12 bits per heavy atom. The first-order valence-electron chi connectivity index (χ1n) is 8.15. The van der Waals surface area contributed by atoms with Crippen LogP contribution < -0.4 is 10.1 Å². The Balaban J connectivity index is 1.75. The summed E-state index contributed by atoms with van der Waals surface area (Å²) in [6.45, 7) is 5.89. The van der Waals surface area contributed by atoms with Gasteiger partial charge in [0.1, 0.15) is 18.1 Å². The lowest BCUT2D eigenvalue weighted by Gasteiger charge is -2.08. The van der Waals surface area contributed by atoms with Crippen LogP contribution in [0.5, 0.6) is 5.75 Å². The van der Waals surface area contributed by atoms with E-state index in [1.54, 1.807) is 31.2 Å². The van der Waals surface area contributed by atoms with Crippen molar-refractivity contribution in [2.45, 2.75) is 27.4 Å². The van der Waals surface area contributed by atoms with Gasteiger partial charge < -0.3 is 14.6 Å². The number of nitrogens with zero attached hydrogens (tertiary/aromatic N) is 1. The number of rotatable bonds is 5. The van der Waals surface area contributed by atoms with Gasteiger partial charge in [-0.2, -0.15) is 0 Å². The van der Waals surface area contributed by atoms with Crippen LogP contribution in [0.25, 0.3) is 0 Å². The summed E-state index contributed by atoms with van der Waals surface area (Å²) in [4.78, 5) is 12.6. The smallest absolute Gasteiger partial charge is 0.278 e. The second kappa shape index (κ2) is 7.62. The monoisotopic (exact) mass is 370 g/mol. The number of ether oxygens (including phenoxy) is 1. The Labute approximate surface area is 156 Å². The van der Waals surface area contributed by atoms with E-state index in [0.29, 0.717) is 22.1 Å². The first kappa shape index (κ1) is 18.0. The highest BCUT2D eigenvalue weighted by Gasteiger charge is 2.20. The van der Waals surface area contributed by atoms with Gasteiger partial charge in [0.25, 0.3) is 5.91 Å². The number of aryl methyl sites for hydroxylation is 3. The van der Waals surface area contributed by atoms with Crippen LogP contribution in [0, 0.1) is 20.8 Å². The fourth-order valence-electron chi connectivity index (χ4n) is 2.66. The molecule has 0 bridgehead atoms. The molecule has 0 spiro atoms. The summed E-state index contributed by atoms with van der Waals surface area (Å²) in [5.74, 6) is 0.863. The van der Waals surface area contributed by atoms with Gasteiger partial charge in [0.15, 0.2) is 5.69 Å². The second-order valence-electron chi connectivity index (χ2n) is 6.14. The molecule has 0 saturated heterocycles. The van der Waals surface area contributed by atoms with E-state index in [1.807, 2.05) is 32.0 Å². The van der Waals surface area contributed by atoms with Gasteiger partial charge in [-0.1, -0.05) is 22.8 Å². The van der Waals surface area contributed by atoms with Crippen LogP contribution in [-0.2, 0) is 6.61 Å².